The van der Waals surface area contributed by atoms with Crippen LogP contribution in [0.5, 0.6) is 0 Å². The van der Waals surface area contributed by atoms with Gasteiger partial charge >= 0.3 is 5.97 Å². The molecule has 1 aromatic heterocycles. The van der Waals surface area contributed by atoms with E-state index in [-0.39, 0.29) is 5.97 Å². The Hall–Kier alpha value is -1.39. The largest absolute Gasteiger partial charge is 0.465 e. The lowest BCUT2D eigenvalue weighted by Crippen LogP contribution is -2.35. The summed E-state index contributed by atoms with van der Waals surface area (Å²) in [5.41, 5.74) is -0.681. The molecule has 0 bridgehead atoms. The summed E-state index contributed by atoms with van der Waals surface area (Å²) in [7, 11) is 0. The molecule has 3 rings (SSSR count). The molecule has 2 aliphatic carbocycles. The number of hydrogen-bond acceptors (Lipinski definition) is 5. The minimum absolute atomic E-state index is 0.202. The Labute approximate surface area is 112 Å². The molecule has 0 aliphatic heterocycles. The van der Waals surface area contributed by atoms with Crippen LogP contribution in [-0.4, -0.2) is 22.7 Å². The molecule has 0 radical (unpaired) electrons. The van der Waals surface area contributed by atoms with Crippen LogP contribution in [0.3, 0.4) is 0 Å². The SMILES string of the molecule is CCOC(=O)C1(c2nc(C3CC3C)no2)CCCC1. The van der Waals surface area contributed by atoms with E-state index in [0.29, 0.717) is 24.3 Å². The maximum Gasteiger partial charge on any atom is 0.321 e. The second-order valence-electron chi connectivity index (χ2n) is 5.79. The highest BCUT2D eigenvalue weighted by Gasteiger charge is 2.50. The van der Waals surface area contributed by atoms with Gasteiger partial charge in [-0.15, -0.1) is 0 Å². The van der Waals surface area contributed by atoms with E-state index in [2.05, 4.69) is 17.1 Å². The first kappa shape index (κ1) is 12.6. The summed E-state index contributed by atoms with van der Waals surface area (Å²) in [6.07, 6.45) is 4.65. The van der Waals surface area contributed by atoms with Crippen molar-refractivity contribution in [2.75, 3.05) is 6.61 Å². The van der Waals surface area contributed by atoms with E-state index >= 15 is 0 Å². The van der Waals surface area contributed by atoms with Gasteiger partial charge in [-0.3, -0.25) is 4.79 Å². The Morgan fingerprint density at radius 2 is 2.16 bits per heavy atom. The van der Waals surface area contributed by atoms with E-state index in [4.69, 9.17) is 9.26 Å². The van der Waals surface area contributed by atoms with Crippen molar-refractivity contribution >= 4 is 5.97 Å². The number of carbonyl (C=O) groups excluding carboxylic acids is 1. The van der Waals surface area contributed by atoms with Gasteiger partial charge in [-0.1, -0.05) is 24.9 Å². The second kappa shape index (κ2) is 4.62. The lowest BCUT2D eigenvalue weighted by atomic mass is 9.86. The average Bonchev–Trinajstić information content (AvgIpc) is 2.90. The van der Waals surface area contributed by atoms with Gasteiger partial charge in [-0.2, -0.15) is 4.98 Å². The Morgan fingerprint density at radius 3 is 2.74 bits per heavy atom. The zero-order valence-corrected chi connectivity index (χ0v) is 11.5. The lowest BCUT2D eigenvalue weighted by Gasteiger charge is -2.21. The number of nitrogens with zero attached hydrogens (tertiary/aromatic N) is 2. The van der Waals surface area contributed by atoms with Crippen LogP contribution in [0, 0.1) is 5.92 Å². The van der Waals surface area contributed by atoms with Crippen LogP contribution >= 0.6 is 0 Å². The van der Waals surface area contributed by atoms with Crippen LogP contribution in [0.25, 0.3) is 0 Å². The van der Waals surface area contributed by atoms with Gasteiger partial charge in [0.15, 0.2) is 5.82 Å². The smallest absolute Gasteiger partial charge is 0.321 e. The van der Waals surface area contributed by atoms with E-state index in [1.807, 2.05) is 6.92 Å². The first-order chi connectivity index (χ1) is 9.17. The van der Waals surface area contributed by atoms with Crippen molar-refractivity contribution in [1.29, 1.82) is 0 Å². The minimum atomic E-state index is -0.681. The summed E-state index contributed by atoms with van der Waals surface area (Å²) in [5.74, 6) is 2.08. The fourth-order valence-electron chi connectivity index (χ4n) is 3.01. The summed E-state index contributed by atoms with van der Waals surface area (Å²) in [5, 5.41) is 4.07. The third kappa shape index (κ3) is 2.05. The molecule has 2 fully saturated rings. The predicted octanol–water partition coefficient (Wildman–Crippen LogP) is 2.57. The van der Waals surface area contributed by atoms with Crippen molar-refractivity contribution in [1.82, 2.24) is 10.1 Å². The molecule has 2 aliphatic rings. The van der Waals surface area contributed by atoms with Gasteiger partial charge in [0.1, 0.15) is 5.41 Å². The Balaban J connectivity index is 1.87. The van der Waals surface area contributed by atoms with Crippen LogP contribution in [0.1, 0.15) is 63.6 Å². The Kier molecular flexibility index (Phi) is 3.07. The molecular weight excluding hydrogens is 244 g/mol. The number of rotatable bonds is 4. The van der Waals surface area contributed by atoms with Gasteiger partial charge in [0.05, 0.1) is 6.61 Å². The zero-order valence-electron chi connectivity index (χ0n) is 11.5. The first-order valence-corrected chi connectivity index (χ1v) is 7.18. The molecule has 2 saturated carbocycles. The number of esters is 1. The monoisotopic (exact) mass is 264 g/mol. The van der Waals surface area contributed by atoms with Crippen LogP contribution in [0.15, 0.2) is 4.52 Å². The highest BCUT2D eigenvalue weighted by atomic mass is 16.5. The van der Waals surface area contributed by atoms with Crippen LogP contribution in [0.4, 0.5) is 0 Å². The van der Waals surface area contributed by atoms with E-state index in [0.717, 1.165) is 37.9 Å². The van der Waals surface area contributed by atoms with Gasteiger partial charge in [-0.25, -0.2) is 0 Å². The quantitative estimate of drug-likeness (QED) is 0.782. The summed E-state index contributed by atoms with van der Waals surface area (Å²) < 4.78 is 10.6. The van der Waals surface area contributed by atoms with E-state index in [1.165, 1.54) is 0 Å². The molecular formula is C14H20N2O3. The molecule has 2 atom stereocenters. The molecule has 2 unspecified atom stereocenters. The zero-order chi connectivity index (χ0) is 13.5. The number of hydrogen-bond donors (Lipinski definition) is 0. The molecule has 0 aromatic carbocycles. The van der Waals surface area contributed by atoms with Crippen molar-refractivity contribution in [3.63, 3.8) is 0 Å². The summed E-state index contributed by atoms with van der Waals surface area (Å²) in [4.78, 5) is 16.8. The van der Waals surface area contributed by atoms with Gasteiger partial charge in [0.2, 0.25) is 5.89 Å². The van der Waals surface area contributed by atoms with Crippen molar-refractivity contribution < 1.29 is 14.1 Å². The van der Waals surface area contributed by atoms with Crippen molar-refractivity contribution in [2.45, 2.75) is 57.3 Å². The topological polar surface area (TPSA) is 65.2 Å². The normalized spacial score (nSPS) is 28.3. The maximum absolute atomic E-state index is 12.3. The molecule has 104 valence electrons. The van der Waals surface area contributed by atoms with E-state index < -0.39 is 5.41 Å². The Bertz CT molecular complexity index is 477. The molecule has 5 heteroatoms. The molecule has 0 spiro atoms. The predicted molar refractivity (Wildman–Crippen MR) is 67.6 cm³/mol. The Morgan fingerprint density at radius 1 is 1.47 bits per heavy atom. The second-order valence-corrected chi connectivity index (χ2v) is 5.79. The average molecular weight is 264 g/mol. The summed E-state index contributed by atoms with van der Waals surface area (Å²) in [6.45, 7) is 4.39. The molecule has 0 N–H and O–H groups in total. The molecule has 1 aromatic rings. The van der Waals surface area contributed by atoms with Gasteiger partial charge in [0.25, 0.3) is 0 Å². The van der Waals surface area contributed by atoms with Crippen molar-refractivity contribution in [3.05, 3.63) is 11.7 Å². The maximum atomic E-state index is 12.3. The fourth-order valence-corrected chi connectivity index (χ4v) is 3.01. The van der Waals surface area contributed by atoms with Gasteiger partial charge < -0.3 is 9.26 Å². The van der Waals surface area contributed by atoms with Crippen molar-refractivity contribution in [2.24, 2.45) is 5.92 Å². The van der Waals surface area contributed by atoms with Crippen LogP contribution < -0.4 is 0 Å². The molecule has 1 heterocycles. The first-order valence-electron chi connectivity index (χ1n) is 7.18. The third-order valence-corrected chi connectivity index (χ3v) is 4.42. The van der Waals surface area contributed by atoms with Gasteiger partial charge in [-0.05, 0) is 32.1 Å². The van der Waals surface area contributed by atoms with E-state index in [1.54, 1.807) is 0 Å². The van der Waals surface area contributed by atoms with Gasteiger partial charge in [0, 0.05) is 5.92 Å². The standard InChI is InChI=1S/C14H20N2O3/c1-3-18-13(17)14(6-4-5-7-14)12-15-11(16-19-12)10-8-9(10)2/h9-10H,3-8H2,1-2H3. The molecule has 5 nitrogen and oxygen atoms in total. The van der Waals surface area contributed by atoms with Crippen molar-refractivity contribution in [3.8, 4) is 0 Å². The van der Waals surface area contributed by atoms with Crippen LogP contribution in [0.2, 0.25) is 0 Å². The minimum Gasteiger partial charge on any atom is -0.465 e. The summed E-state index contributed by atoms with van der Waals surface area (Å²) >= 11 is 0. The highest BCUT2D eigenvalue weighted by molar-refractivity contribution is 5.82. The molecule has 19 heavy (non-hydrogen) atoms. The molecule has 0 saturated heterocycles. The molecule has 0 amide bonds. The summed E-state index contributed by atoms with van der Waals surface area (Å²) in [6, 6.07) is 0. The number of ether oxygens (including phenoxy) is 1. The number of aromatic nitrogens is 2. The fraction of sp³-hybridized carbons (Fsp3) is 0.786. The number of carbonyl (C=O) groups is 1. The lowest BCUT2D eigenvalue weighted by molar-refractivity contribution is -0.151. The van der Waals surface area contributed by atoms with E-state index in [9.17, 15) is 4.79 Å². The van der Waals surface area contributed by atoms with Crippen LogP contribution in [-0.2, 0) is 14.9 Å². The third-order valence-electron chi connectivity index (χ3n) is 4.42. The highest BCUT2D eigenvalue weighted by Crippen LogP contribution is 2.47.